The fraction of sp³-hybridized carbons (Fsp3) is 0.222. The number of carbonyl (C=O) groups excluding carboxylic acids is 1. The molecule has 0 aliphatic carbocycles. The minimum absolute atomic E-state index is 0.0814. The van der Waals surface area contributed by atoms with Gasteiger partial charge in [0, 0.05) is 46.2 Å². The summed E-state index contributed by atoms with van der Waals surface area (Å²) in [4.78, 5) is 18.6. The smallest absolute Gasteiger partial charge is 0.416 e. The topological polar surface area (TPSA) is 74.8 Å². The van der Waals surface area contributed by atoms with Gasteiger partial charge in [-0.1, -0.05) is 35.3 Å². The van der Waals surface area contributed by atoms with Crippen LogP contribution in [0.4, 0.5) is 4.79 Å². The summed E-state index contributed by atoms with van der Waals surface area (Å²) in [6.45, 7) is 1.00. The van der Waals surface area contributed by atoms with Crippen molar-refractivity contribution >= 4 is 40.2 Å². The number of hydrogen-bond donors (Lipinski definition) is 2. The molecular formula is C27H24Cl2N2O4. The molecule has 0 unspecified atom stereocenters. The van der Waals surface area contributed by atoms with Gasteiger partial charge in [-0.15, -0.1) is 0 Å². The van der Waals surface area contributed by atoms with E-state index in [1.54, 1.807) is 29.2 Å². The molecule has 35 heavy (non-hydrogen) atoms. The number of aromatic nitrogens is 1. The maximum atomic E-state index is 13.3. The molecule has 0 spiro atoms. The number of hydrogen-bond acceptors (Lipinski definition) is 4. The van der Waals surface area contributed by atoms with Gasteiger partial charge in [-0.25, -0.2) is 4.79 Å². The lowest BCUT2D eigenvalue weighted by Gasteiger charge is -2.35. The Morgan fingerprint density at radius 1 is 1.00 bits per heavy atom. The van der Waals surface area contributed by atoms with Crippen molar-refractivity contribution in [3.8, 4) is 11.5 Å². The zero-order chi connectivity index (χ0) is 24.4. The minimum atomic E-state index is -0.442. The zero-order valence-corrected chi connectivity index (χ0v) is 20.4. The summed E-state index contributed by atoms with van der Waals surface area (Å²) in [7, 11) is 0. The molecule has 6 nitrogen and oxygen atoms in total. The number of carbonyl (C=O) groups is 1. The van der Waals surface area contributed by atoms with Crippen LogP contribution in [0.3, 0.4) is 0 Å². The van der Waals surface area contributed by atoms with Crippen LogP contribution in [-0.4, -0.2) is 40.8 Å². The molecule has 4 aromatic rings. The van der Waals surface area contributed by atoms with Crippen LogP contribution in [0.15, 0.2) is 66.7 Å². The Labute approximate surface area is 213 Å². The number of H-pyrrole nitrogens is 1. The van der Waals surface area contributed by atoms with Crippen LogP contribution in [-0.2, 0) is 6.42 Å². The van der Waals surface area contributed by atoms with Crippen LogP contribution in [0.2, 0.25) is 10.0 Å². The Bertz CT molecular complexity index is 1340. The molecule has 3 aromatic carbocycles. The number of nitrogens with one attached hydrogen (secondary N) is 1. The van der Waals surface area contributed by atoms with E-state index < -0.39 is 6.09 Å². The summed E-state index contributed by atoms with van der Waals surface area (Å²) < 4.78 is 11.4. The predicted octanol–water partition coefficient (Wildman–Crippen LogP) is 6.38. The highest BCUT2D eigenvalue weighted by Crippen LogP contribution is 2.40. The lowest BCUT2D eigenvalue weighted by Crippen LogP contribution is -2.42. The standard InChI is InChI=1S/C27H24Cl2N2O4/c28-18-4-9-21(10-5-18)35-27(33)31-13-12-22-23-16-19(29)6-11-24(23)30-25(22)26(31)17-2-7-20(8-3-17)34-15-1-14-32/h2-11,16,26,30,32H,1,12-15H2/t26-/m0/s1. The molecular weight excluding hydrogens is 487 g/mol. The van der Waals surface area contributed by atoms with Gasteiger partial charge in [-0.05, 0) is 72.1 Å². The number of amides is 1. The summed E-state index contributed by atoms with van der Waals surface area (Å²) in [5.41, 5.74) is 3.98. The first-order valence-corrected chi connectivity index (χ1v) is 12.2. The van der Waals surface area contributed by atoms with Crippen molar-refractivity contribution in [3.63, 3.8) is 0 Å². The fourth-order valence-corrected chi connectivity index (χ4v) is 4.77. The molecule has 0 bridgehead atoms. The molecule has 1 amide bonds. The van der Waals surface area contributed by atoms with Gasteiger partial charge in [0.05, 0.1) is 6.61 Å². The second-order valence-corrected chi connectivity index (χ2v) is 9.24. The Morgan fingerprint density at radius 3 is 2.46 bits per heavy atom. The molecule has 1 aliphatic rings. The summed E-state index contributed by atoms with van der Waals surface area (Å²) in [5, 5.41) is 11.3. The van der Waals surface area contributed by atoms with Crippen molar-refractivity contribution in [2.45, 2.75) is 18.9 Å². The van der Waals surface area contributed by atoms with Gasteiger partial charge in [-0.3, -0.25) is 4.90 Å². The molecule has 0 saturated carbocycles. The molecule has 1 aromatic heterocycles. The molecule has 1 atom stereocenters. The van der Waals surface area contributed by atoms with Crippen molar-refractivity contribution in [2.24, 2.45) is 0 Å². The van der Waals surface area contributed by atoms with Crippen LogP contribution in [0.1, 0.15) is 29.3 Å². The van der Waals surface area contributed by atoms with E-state index in [9.17, 15) is 4.79 Å². The molecule has 0 fully saturated rings. The van der Waals surface area contributed by atoms with Crippen LogP contribution < -0.4 is 9.47 Å². The maximum absolute atomic E-state index is 13.3. The quantitative estimate of drug-likeness (QED) is 0.295. The van der Waals surface area contributed by atoms with E-state index in [2.05, 4.69) is 4.98 Å². The lowest BCUT2D eigenvalue weighted by atomic mass is 9.92. The summed E-state index contributed by atoms with van der Waals surface area (Å²) in [5.74, 6) is 1.14. The van der Waals surface area contributed by atoms with Gasteiger partial charge in [-0.2, -0.15) is 0 Å². The highest BCUT2D eigenvalue weighted by atomic mass is 35.5. The van der Waals surface area contributed by atoms with Crippen LogP contribution in [0.5, 0.6) is 11.5 Å². The number of fused-ring (bicyclic) bond motifs is 3. The zero-order valence-electron chi connectivity index (χ0n) is 18.8. The number of ether oxygens (including phenoxy) is 2. The van der Waals surface area contributed by atoms with Crippen molar-refractivity contribution in [2.75, 3.05) is 19.8 Å². The molecule has 5 rings (SSSR count). The molecule has 180 valence electrons. The normalized spacial score (nSPS) is 15.2. The Balaban J connectivity index is 1.51. The van der Waals surface area contributed by atoms with Gasteiger partial charge in [0.2, 0.25) is 0 Å². The van der Waals surface area contributed by atoms with Crippen molar-refractivity contribution in [1.82, 2.24) is 9.88 Å². The Hall–Kier alpha value is -3.19. The van der Waals surface area contributed by atoms with E-state index in [1.165, 1.54) is 0 Å². The number of aromatic amines is 1. The monoisotopic (exact) mass is 510 g/mol. The van der Waals surface area contributed by atoms with Crippen LogP contribution in [0, 0.1) is 0 Å². The third kappa shape index (κ3) is 4.96. The van der Waals surface area contributed by atoms with E-state index in [4.69, 9.17) is 37.8 Å². The molecule has 2 N–H and O–H groups in total. The number of halogens is 2. The van der Waals surface area contributed by atoms with Crippen molar-refractivity contribution < 1.29 is 19.4 Å². The molecule has 8 heteroatoms. The number of aliphatic hydroxyl groups excluding tert-OH is 1. The lowest BCUT2D eigenvalue weighted by molar-refractivity contribution is 0.135. The number of nitrogens with zero attached hydrogens (tertiary/aromatic N) is 1. The van der Waals surface area contributed by atoms with Gasteiger partial charge in [0.25, 0.3) is 0 Å². The third-order valence-electron chi connectivity index (χ3n) is 6.11. The largest absolute Gasteiger partial charge is 0.494 e. The second kappa shape index (κ2) is 10.2. The van der Waals surface area contributed by atoms with Crippen LogP contribution >= 0.6 is 23.2 Å². The van der Waals surface area contributed by atoms with E-state index in [0.29, 0.717) is 47.5 Å². The minimum Gasteiger partial charge on any atom is -0.494 e. The molecule has 0 saturated heterocycles. The molecule has 1 aliphatic heterocycles. The first-order chi connectivity index (χ1) is 17.0. The van der Waals surface area contributed by atoms with Crippen LogP contribution in [0.25, 0.3) is 10.9 Å². The first kappa shape index (κ1) is 23.5. The highest BCUT2D eigenvalue weighted by Gasteiger charge is 2.35. The van der Waals surface area contributed by atoms with Gasteiger partial charge in [0.1, 0.15) is 17.5 Å². The first-order valence-electron chi connectivity index (χ1n) is 11.4. The van der Waals surface area contributed by atoms with Gasteiger partial charge < -0.3 is 19.6 Å². The summed E-state index contributed by atoms with van der Waals surface area (Å²) in [6.07, 6.45) is 0.794. The SMILES string of the molecule is O=C(Oc1ccc(Cl)cc1)N1CCc2c([nH]c3ccc(Cl)cc23)[C@@H]1c1ccc(OCCCO)cc1. The van der Waals surface area contributed by atoms with Gasteiger partial charge in [0.15, 0.2) is 0 Å². The highest BCUT2D eigenvalue weighted by molar-refractivity contribution is 6.31. The number of benzene rings is 3. The van der Waals surface area contributed by atoms with E-state index in [-0.39, 0.29) is 12.6 Å². The van der Waals surface area contributed by atoms with Crippen molar-refractivity contribution in [1.29, 1.82) is 0 Å². The van der Waals surface area contributed by atoms with E-state index in [1.807, 2.05) is 42.5 Å². The molecule has 0 radical (unpaired) electrons. The summed E-state index contributed by atoms with van der Waals surface area (Å²) >= 11 is 12.3. The number of aliphatic hydroxyl groups is 1. The third-order valence-corrected chi connectivity index (χ3v) is 6.60. The summed E-state index contributed by atoms with van der Waals surface area (Å²) in [6, 6.07) is 19.8. The van der Waals surface area contributed by atoms with Crippen molar-refractivity contribution in [3.05, 3.63) is 93.6 Å². The predicted molar refractivity (Wildman–Crippen MR) is 137 cm³/mol. The average molecular weight is 511 g/mol. The second-order valence-electron chi connectivity index (χ2n) is 8.37. The Kier molecular flexibility index (Phi) is 6.86. The molecule has 2 heterocycles. The maximum Gasteiger partial charge on any atom is 0.416 e. The Morgan fingerprint density at radius 2 is 1.71 bits per heavy atom. The van der Waals surface area contributed by atoms with E-state index >= 15 is 0 Å². The number of rotatable bonds is 6. The van der Waals surface area contributed by atoms with Gasteiger partial charge >= 0.3 is 6.09 Å². The average Bonchev–Trinajstić information content (AvgIpc) is 3.23. The fourth-order valence-electron chi connectivity index (χ4n) is 4.47. The van der Waals surface area contributed by atoms with E-state index in [0.717, 1.165) is 27.7 Å².